The summed E-state index contributed by atoms with van der Waals surface area (Å²) in [5, 5.41) is 19.9. The van der Waals surface area contributed by atoms with Gasteiger partial charge in [0, 0.05) is 25.2 Å². The van der Waals surface area contributed by atoms with E-state index in [9.17, 15) is 19.7 Å². The van der Waals surface area contributed by atoms with E-state index in [1.807, 2.05) is 37.3 Å². The van der Waals surface area contributed by atoms with E-state index in [0.29, 0.717) is 13.1 Å². The molecular formula is C18H18N2O6. The molecule has 2 aromatic rings. The molecule has 0 aliphatic rings. The number of carbonyl (C=O) groups excluding carboxylic acids is 1. The summed E-state index contributed by atoms with van der Waals surface area (Å²) in [5.41, 5.74) is -0.0433. The molecule has 0 radical (unpaired) electrons. The highest BCUT2D eigenvalue weighted by Crippen LogP contribution is 2.24. The Labute approximate surface area is 149 Å². The van der Waals surface area contributed by atoms with Crippen molar-refractivity contribution in [1.82, 2.24) is 4.90 Å². The number of hydrogen-bond acceptors (Lipinski definition) is 5. The molecule has 1 amide bonds. The van der Waals surface area contributed by atoms with Crippen molar-refractivity contribution >= 4 is 17.6 Å². The number of benzene rings is 2. The Bertz CT molecular complexity index is 807. The van der Waals surface area contributed by atoms with E-state index in [4.69, 9.17) is 9.84 Å². The summed E-state index contributed by atoms with van der Waals surface area (Å²) in [6.07, 6.45) is 0. The van der Waals surface area contributed by atoms with Crippen molar-refractivity contribution in [3.63, 3.8) is 0 Å². The molecule has 0 saturated heterocycles. The highest BCUT2D eigenvalue weighted by atomic mass is 16.6. The van der Waals surface area contributed by atoms with Crippen LogP contribution < -0.4 is 4.74 Å². The Kier molecular flexibility index (Phi) is 6.26. The number of nitro benzene ring substituents is 1. The van der Waals surface area contributed by atoms with Gasteiger partial charge in [-0.05, 0) is 18.6 Å². The van der Waals surface area contributed by atoms with Gasteiger partial charge in [0.25, 0.3) is 11.6 Å². The van der Waals surface area contributed by atoms with Gasteiger partial charge in [-0.3, -0.25) is 14.9 Å². The van der Waals surface area contributed by atoms with Crippen LogP contribution in [0.25, 0.3) is 0 Å². The lowest BCUT2D eigenvalue weighted by molar-refractivity contribution is -0.385. The maximum absolute atomic E-state index is 12.3. The van der Waals surface area contributed by atoms with E-state index in [1.165, 1.54) is 6.07 Å². The lowest BCUT2D eigenvalue weighted by atomic mass is 10.1. The molecule has 0 aromatic heterocycles. The molecule has 0 aliphatic heterocycles. The summed E-state index contributed by atoms with van der Waals surface area (Å²) in [5.74, 6) is -1.63. The molecule has 0 heterocycles. The Morgan fingerprint density at radius 3 is 2.46 bits per heavy atom. The first kappa shape index (κ1) is 18.9. The Hall–Kier alpha value is -3.42. The van der Waals surface area contributed by atoms with Gasteiger partial charge in [-0.25, -0.2) is 4.79 Å². The number of likely N-dealkylation sites (N-methyl/N-ethyl adjacent to an activating group) is 1. The number of carbonyl (C=O) groups is 2. The first-order chi connectivity index (χ1) is 12.4. The number of nitrogens with zero attached hydrogens (tertiary/aromatic N) is 2. The van der Waals surface area contributed by atoms with Crippen LogP contribution in [0.2, 0.25) is 0 Å². The summed E-state index contributed by atoms with van der Waals surface area (Å²) in [7, 11) is 0. The predicted octanol–water partition coefficient (Wildman–Crippen LogP) is 2.72. The standard InChI is InChI=1S/C18H18N2O6/c1-2-19(11-13-6-4-3-5-7-13)17(21)12-26-14-8-9-16(20(24)25)15(10-14)18(22)23/h3-10H,2,11-12H2,1H3,(H,22,23). The van der Waals surface area contributed by atoms with Crippen LogP contribution in [0.15, 0.2) is 48.5 Å². The molecular weight excluding hydrogens is 340 g/mol. The molecule has 0 fully saturated rings. The van der Waals surface area contributed by atoms with Crippen LogP contribution in [0.5, 0.6) is 5.75 Å². The van der Waals surface area contributed by atoms with Crippen molar-refractivity contribution in [3.8, 4) is 5.75 Å². The van der Waals surface area contributed by atoms with Gasteiger partial charge < -0.3 is 14.7 Å². The number of aromatic carboxylic acids is 1. The van der Waals surface area contributed by atoms with Crippen LogP contribution >= 0.6 is 0 Å². The molecule has 2 rings (SSSR count). The summed E-state index contributed by atoms with van der Waals surface area (Å²) >= 11 is 0. The molecule has 0 atom stereocenters. The topological polar surface area (TPSA) is 110 Å². The van der Waals surface area contributed by atoms with Gasteiger partial charge in [-0.2, -0.15) is 0 Å². The Morgan fingerprint density at radius 2 is 1.88 bits per heavy atom. The molecule has 26 heavy (non-hydrogen) atoms. The number of amides is 1. The largest absolute Gasteiger partial charge is 0.484 e. The first-order valence-corrected chi connectivity index (χ1v) is 7.88. The molecule has 2 aromatic carbocycles. The maximum atomic E-state index is 12.3. The number of carboxylic acids is 1. The van der Waals surface area contributed by atoms with E-state index in [0.717, 1.165) is 17.7 Å². The minimum absolute atomic E-state index is 0.0807. The summed E-state index contributed by atoms with van der Waals surface area (Å²) in [6.45, 7) is 2.46. The second-order valence-electron chi connectivity index (χ2n) is 5.42. The van der Waals surface area contributed by atoms with E-state index in [2.05, 4.69) is 0 Å². The lowest BCUT2D eigenvalue weighted by Crippen LogP contribution is -2.34. The van der Waals surface area contributed by atoms with Gasteiger partial charge in [0.15, 0.2) is 6.61 Å². The van der Waals surface area contributed by atoms with E-state index >= 15 is 0 Å². The number of carboxylic acid groups (broad SMARTS) is 1. The van der Waals surface area contributed by atoms with Crippen molar-refractivity contribution < 1.29 is 24.4 Å². The normalized spacial score (nSPS) is 10.2. The lowest BCUT2D eigenvalue weighted by Gasteiger charge is -2.21. The van der Waals surface area contributed by atoms with E-state index in [-0.39, 0.29) is 18.3 Å². The number of nitro groups is 1. The van der Waals surface area contributed by atoms with Crippen LogP contribution in [0, 0.1) is 10.1 Å². The van der Waals surface area contributed by atoms with Gasteiger partial charge in [0.05, 0.1) is 4.92 Å². The van der Waals surface area contributed by atoms with Gasteiger partial charge in [0.1, 0.15) is 11.3 Å². The molecule has 8 nitrogen and oxygen atoms in total. The molecule has 136 valence electrons. The monoisotopic (exact) mass is 358 g/mol. The third kappa shape index (κ3) is 4.79. The van der Waals surface area contributed by atoms with Gasteiger partial charge >= 0.3 is 5.97 Å². The number of rotatable bonds is 8. The van der Waals surface area contributed by atoms with Gasteiger partial charge in [-0.15, -0.1) is 0 Å². The predicted molar refractivity (Wildman–Crippen MR) is 93.1 cm³/mol. The van der Waals surface area contributed by atoms with Gasteiger partial charge in [0.2, 0.25) is 0 Å². The van der Waals surface area contributed by atoms with Crippen molar-refractivity contribution in [3.05, 3.63) is 69.8 Å². The second-order valence-corrected chi connectivity index (χ2v) is 5.42. The zero-order valence-corrected chi connectivity index (χ0v) is 14.1. The van der Waals surface area contributed by atoms with Crippen molar-refractivity contribution in [2.45, 2.75) is 13.5 Å². The summed E-state index contributed by atoms with van der Waals surface area (Å²) in [6, 6.07) is 12.8. The van der Waals surface area contributed by atoms with Gasteiger partial charge in [-0.1, -0.05) is 30.3 Å². The highest BCUT2D eigenvalue weighted by Gasteiger charge is 2.21. The van der Waals surface area contributed by atoms with E-state index in [1.54, 1.807) is 4.90 Å². The van der Waals surface area contributed by atoms with Crippen molar-refractivity contribution in [2.24, 2.45) is 0 Å². The van der Waals surface area contributed by atoms with Crippen LogP contribution in [-0.2, 0) is 11.3 Å². The summed E-state index contributed by atoms with van der Waals surface area (Å²) < 4.78 is 5.34. The average Bonchev–Trinajstić information content (AvgIpc) is 2.64. The van der Waals surface area contributed by atoms with Crippen molar-refractivity contribution in [1.29, 1.82) is 0 Å². The average molecular weight is 358 g/mol. The molecule has 0 bridgehead atoms. The van der Waals surface area contributed by atoms with E-state index < -0.39 is 22.1 Å². The minimum atomic E-state index is -1.44. The molecule has 1 N–H and O–H groups in total. The maximum Gasteiger partial charge on any atom is 0.342 e. The first-order valence-electron chi connectivity index (χ1n) is 7.88. The Morgan fingerprint density at radius 1 is 1.19 bits per heavy atom. The second kappa shape index (κ2) is 8.61. The number of ether oxygens (including phenoxy) is 1. The fraction of sp³-hybridized carbons (Fsp3) is 0.222. The Balaban J connectivity index is 2.04. The van der Waals surface area contributed by atoms with Crippen LogP contribution in [0.1, 0.15) is 22.8 Å². The third-order valence-electron chi connectivity index (χ3n) is 3.71. The molecule has 0 spiro atoms. The zero-order valence-electron chi connectivity index (χ0n) is 14.1. The van der Waals surface area contributed by atoms with Crippen molar-refractivity contribution in [2.75, 3.05) is 13.2 Å². The number of hydrogen-bond donors (Lipinski definition) is 1. The summed E-state index contributed by atoms with van der Waals surface area (Å²) in [4.78, 5) is 35.1. The molecule has 0 aliphatic carbocycles. The molecule has 0 unspecified atom stereocenters. The fourth-order valence-corrected chi connectivity index (χ4v) is 2.35. The van der Waals surface area contributed by atoms with Crippen LogP contribution in [0.4, 0.5) is 5.69 Å². The third-order valence-corrected chi connectivity index (χ3v) is 3.71. The van der Waals surface area contributed by atoms with Crippen LogP contribution in [-0.4, -0.2) is 40.0 Å². The fourth-order valence-electron chi connectivity index (χ4n) is 2.35. The minimum Gasteiger partial charge on any atom is -0.484 e. The molecule has 8 heteroatoms. The smallest absolute Gasteiger partial charge is 0.342 e. The molecule has 0 saturated carbocycles. The zero-order chi connectivity index (χ0) is 19.1. The SMILES string of the molecule is CCN(Cc1ccccc1)C(=O)COc1ccc([N+](=O)[O-])c(C(=O)O)c1. The van der Waals surface area contributed by atoms with Crippen LogP contribution in [0.3, 0.4) is 0 Å². The quantitative estimate of drug-likeness (QED) is 0.574. The highest BCUT2D eigenvalue weighted by molar-refractivity contribution is 5.92.